The number of nitrogens with two attached hydrogens (primary N) is 1. The third-order valence-corrected chi connectivity index (χ3v) is 2.93. The Kier molecular flexibility index (Phi) is 4.11. The summed E-state index contributed by atoms with van der Waals surface area (Å²) in [4.78, 5) is 14.0. The van der Waals surface area contributed by atoms with Gasteiger partial charge in [-0.15, -0.1) is 0 Å². The van der Waals surface area contributed by atoms with Crippen LogP contribution in [0.4, 0.5) is 5.69 Å². The fourth-order valence-electron chi connectivity index (χ4n) is 2.02. The van der Waals surface area contributed by atoms with E-state index in [1.807, 2.05) is 6.92 Å². The number of ether oxygens (including phenoxy) is 2. The van der Waals surface area contributed by atoms with E-state index in [0.29, 0.717) is 35.8 Å². The summed E-state index contributed by atoms with van der Waals surface area (Å²) in [7, 11) is 0. The number of anilines is 1. The highest BCUT2D eigenvalue weighted by Crippen LogP contribution is 2.36. The fraction of sp³-hybridized carbons (Fsp3) is 0.462. The Bertz CT molecular complexity index is 470. The number of carbonyl (C=O) groups is 1. The van der Waals surface area contributed by atoms with E-state index in [4.69, 9.17) is 20.3 Å². The Labute approximate surface area is 111 Å². The van der Waals surface area contributed by atoms with Crippen molar-refractivity contribution in [1.82, 2.24) is 4.90 Å². The molecule has 2 rings (SSSR count). The largest absolute Gasteiger partial charge is 0.454 e. The lowest BCUT2D eigenvalue weighted by Crippen LogP contribution is -2.34. The van der Waals surface area contributed by atoms with E-state index >= 15 is 0 Å². The predicted octanol–water partition coefficient (Wildman–Crippen LogP) is 0.842. The predicted molar refractivity (Wildman–Crippen MR) is 70.3 cm³/mol. The number of amides is 1. The van der Waals surface area contributed by atoms with E-state index in [2.05, 4.69) is 0 Å². The summed E-state index contributed by atoms with van der Waals surface area (Å²) < 4.78 is 10.4. The van der Waals surface area contributed by atoms with Crippen molar-refractivity contribution in [2.24, 2.45) is 0 Å². The Morgan fingerprint density at radius 1 is 1.37 bits per heavy atom. The molecule has 0 radical (unpaired) electrons. The summed E-state index contributed by atoms with van der Waals surface area (Å²) in [6.07, 6.45) is 0.816. The van der Waals surface area contributed by atoms with Gasteiger partial charge in [0.25, 0.3) is 5.91 Å². The van der Waals surface area contributed by atoms with Crippen molar-refractivity contribution in [1.29, 1.82) is 0 Å². The van der Waals surface area contributed by atoms with Crippen LogP contribution < -0.4 is 15.2 Å². The molecule has 1 aromatic carbocycles. The molecule has 1 heterocycles. The molecule has 0 saturated carbocycles. The van der Waals surface area contributed by atoms with Crippen molar-refractivity contribution in [3.8, 4) is 11.5 Å². The monoisotopic (exact) mass is 266 g/mol. The van der Waals surface area contributed by atoms with Gasteiger partial charge in [-0.25, -0.2) is 0 Å². The first-order chi connectivity index (χ1) is 9.17. The summed E-state index contributed by atoms with van der Waals surface area (Å²) >= 11 is 0. The van der Waals surface area contributed by atoms with Crippen molar-refractivity contribution >= 4 is 11.6 Å². The fourth-order valence-corrected chi connectivity index (χ4v) is 2.02. The Morgan fingerprint density at radius 3 is 2.68 bits per heavy atom. The Morgan fingerprint density at radius 2 is 2.05 bits per heavy atom. The molecular formula is C13H18N2O4. The third kappa shape index (κ3) is 2.73. The SMILES string of the molecule is CCCN(CCO)C(=O)c1cc2c(cc1N)OCO2. The zero-order valence-electron chi connectivity index (χ0n) is 10.9. The first-order valence-electron chi connectivity index (χ1n) is 6.26. The van der Waals surface area contributed by atoms with Crippen molar-refractivity contribution in [2.75, 3.05) is 32.2 Å². The van der Waals surface area contributed by atoms with Crippen LogP contribution in [-0.4, -0.2) is 42.4 Å². The molecule has 3 N–H and O–H groups in total. The molecule has 1 aliphatic rings. The van der Waals surface area contributed by atoms with Gasteiger partial charge < -0.3 is 25.2 Å². The Balaban J connectivity index is 2.27. The van der Waals surface area contributed by atoms with Crippen LogP contribution >= 0.6 is 0 Å². The van der Waals surface area contributed by atoms with Gasteiger partial charge in [-0.2, -0.15) is 0 Å². The first-order valence-corrected chi connectivity index (χ1v) is 6.26. The lowest BCUT2D eigenvalue weighted by Gasteiger charge is -2.22. The topological polar surface area (TPSA) is 85.0 Å². The molecule has 0 atom stereocenters. The number of hydrogen-bond acceptors (Lipinski definition) is 5. The highest BCUT2D eigenvalue weighted by Gasteiger charge is 2.22. The number of aliphatic hydroxyl groups is 1. The van der Waals surface area contributed by atoms with Crippen LogP contribution in [0.15, 0.2) is 12.1 Å². The van der Waals surface area contributed by atoms with Crippen LogP contribution in [0.5, 0.6) is 11.5 Å². The average Bonchev–Trinajstić information content (AvgIpc) is 2.83. The first kappa shape index (κ1) is 13.5. The molecule has 6 nitrogen and oxygen atoms in total. The van der Waals surface area contributed by atoms with Gasteiger partial charge >= 0.3 is 0 Å². The number of aliphatic hydroxyl groups excluding tert-OH is 1. The summed E-state index contributed by atoms with van der Waals surface area (Å²) in [5, 5.41) is 9.01. The molecule has 0 spiro atoms. The van der Waals surface area contributed by atoms with Gasteiger partial charge in [-0.3, -0.25) is 4.79 Å². The van der Waals surface area contributed by atoms with Gasteiger partial charge in [0.2, 0.25) is 6.79 Å². The minimum atomic E-state index is -0.202. The highest BCUT2D eigenvalue weighted by atomic mass is 16.7. The Hall–Kier alpha value is -1.95. The van der Waals surface area contributed by atoms with Crippen LogP contribution in [0.25, 0.3) is 0 Å². The molecule has 1 amide bonds. The normalized spacial score (nSPS) is 12.5. The molecule has 1 aromatic rings. The van der Waals surface area contributed by atoms with Crippen LogP contribution in [0, 0.1) is 0 Å². The highest BCUT2D eigenvalue weighted by molar-refractivity contribution is 6.00. The molecule has 6 heteroatoms. The number of fused-ring (bicyclic) bond motifs is 1. The summed E-state index contributed by atoms with van der Waals surface area (Å²) in [5.74, 6) is 0.878. The van der Waals surface area contributed by atoms with Gasteiger partial charge in [0.15, 0.2) is 11.5 Å². The van der Waals surface area contributed by atoms with Gasteiger partial charge in [-0.05, 0) is 12.5 Å². The smallest absolute Gasteiger partial charge is 0.256 e. The maximum Gasteiger partial charge on any atom is 0.256 e. The van der Waals surface area contributed by atoms with E-state index in [9.17, 15) is 4.79 Å². The minimum absolute atomic E-state index is 0.0732. The molecular weight excluding hydrogens is 248 g/mol. The second-order valence-corrected chi connectivity index (χ2v) is 4.31. The zero-order valence-corrected chi connectivity index (χ0v) is 10.9. The number of hydrogen-bond donors (Lipinski definition) is 2. The van der Waals surface area contributed by atoms with E-state index in [1.54, 1.807) is 17.0 Å². The number of nitrogen functional groups attached to an aromatic ring is 1. The van der Waals surface area contributed by atoms with Crippen LogP contribution in [-0.2, 0) is 0 Å². The molecule has 104 valence electrons. The van der Waals surface area contributed by atoms with Gasteiger partial charge in [0.1, 0.15) is 0 Å². The number of carbonyl (C=O) groups excluding carboxylic acids is 1. The van der Waals surface area contributed by atoms with E-state index < -0.39 is 0 Å². The zero-order chi connectivity index (χ0) is 13.8. The van der Waals surface area contributed by atoms with Crippen LogP contribution in [0.2, 0.25) is 0 Å². The molecule has 19 heavy (non-hydrogen) atoms. The van der Waals surface area contributed by atoms with Crippen LogP contribution in [0.1, 0.15) is 23.7 Å². The lowest BCUT2D eigenvalue weighted by atomic mass is 10.1. The molecule has 0 saturated heterocycles. The maximum atomic E-state index is 12.4. The lowest BCUT2D eigenvalue weighted by molar-refractivity contribution is 0.0722. The molecule has 0 unspecified atom stereocenters. The molecule has 1 aliphatic heterocycles. The van der Waals surface area contributed by atoms with Gasteiger partial charge in [0.05, 0.1) is 12.2 Å². The third-order valence-electron chi connectivity index (χ3n) is 2.93. The van der Waals surface area contributed by atoms with Gasteiger partial charge in [-0.1, -0.05) is 6.92 Å². The minimum Gasteiger partial charge on any atom is -0.454 e. The van der Waals surface area contributed by atoms with Crippen molar-refractivity contribution in [3.63, 3.8) is 0 Å². The number of rotatable bonds is 5. The molecule has 0 bridgehead atoms. The molecule has 0 aliphatic carbocycles. The van der Waals surface area contributed by atoms with Gasteiger partial charge in [0, 0.05) is 24.8 Å². The number of benzene rings is 1. The van der Waals surface area contributed by atoms with E-state index in [0.717, 1.165) is 6.42 Å². The quantitative estimate of drug-likeness (QED) is 0.771. The van der Waals surface area contributed by atoms with Crippen molar-refractivity contribution < 1.29 is 19.4 Å². The summed E-state index contributed by atoms with van der Waals surface area (Å²) in [5.41, 5.74) is 6.61. The molecule has 0 aromatic heterocycles. The maximum absolute atomic E-state index is 12.4. The standard InChI is InChI=1S/C13H18N2O4/c1-2-3-15(4-5-16)13(17)9-6-11-12(7-10(9)14)19-8-18-11/h6-7,16H,2-5,8,14H2,1H3. The second-order valence-electron chi connectivity index (χ2n) is 4.31. The average molecular weight is 266 g/mol. The van der Waals surface area contributed by atoms with Crippen molar-refractivity contribution in [3.05, 3.63) is 17.7 Å². The summed E-state index contributed by atoms with van der Waals surface area (Å²) in [6.45, 7) is 2.91. The number of nitrogens with zero attached hydrogens (tertiary/aromatic N) is 1. The molecule has 0 fully saturated rings. The van der Waals surface area contributed by atoms with Crippen LogP contribution in [0.3, 0.4) is 0 Å². The van der Waals surface area contributed by atoms with E-state index in [-0.39, 0.29) is 19.3 Å². The summed E-state index contributed by atoms with van der Waals surface area (Å²) in [6, 6.07) is 3.19. The second kappa shape index (κ2) is 5.79. The van der Waals surface area contributed by atoms with E-state index in [1.165, 1.54) is 0 Å². The van der Waals surface area contributed by atoms with Crippen molar-refractivity contribution in [2.45, 2.75) is 13.3 Å².